The van der Waals surface area contributed by atoms with Gasteiger partial charge in [0, 0.05) is 42.9 Å². The number of rotatable bonds is 6. The summed E-state index contributed by atoms with van der Waals surface area (Å²) >= 11 is 6.71. The molecular weight excluding hydrogens is 476 g/mol. The van der Waals surface area contributed by atoms with Gasteiger partial charge in [-0.05, 0) is 36.4 Å². The summed E-state index contributed by atoms with van der Waals surface area (Å²) in [6, 6.07) is 0. The lowest BCUT2D eigenvalue weighted by Gasteiger charge is -2.43. The molecule has 3 fully saturated rings. The molecule has 0 unspecified atom stereocenters. The lowest BCUT2D eigenvalue weighted by molar-refractivity contribution is -0.298. The van der Waals surface area contributed by atoms with Crippen molar-refractivity contribution in [3.8, 4) is 11.8 Å². The molecule has 198 valence electrons. The molecule has 0 bridgehead atoms. The number of hydrogen-bond acceptors (Lipinski definition) is 4. The van der Waals surface area contributed by atoms with E-state index in [0.29, 0.717) is 36.5 Å². The molecule has 1 saturated heterocycles. The number of ether oxygens (including phenoxy) is 2. The van der Waals surface area contributed by atoms with Crippen molar-refractivity contribution in [3.05, 3.63) is 11.1 Å². The van der Waals surface area contributed by atoms with E-state index in [0.717, 1.165) is 25.7 Å². The number of Topliss-reactive ketones (excluding diaryl/α,β-unsaturated/α-hetero) is 1. The SMILES string of the molecule is CCC#CC[C@@H](C)C(=O)C(Cl)=C[C@@H]1[C@H]2CC3(C[C@H]2C[C@H]1O[Si](C)(C)C(C)(C)C)OCC(C)(C)CO3. The van der Waals surface area contributed by atoms with Crippen molar-refractivity contribution in [1.29, 1.82) is 0 Å². The van der Waals surface area contributed by atoms with Crippen LogP contribution in [0.2, 0.25) is 18.1 Å². The van der Waals surface area contributed by atoms with Gasteiger partial charge in [0.05, 0.1) is 24.4 Å². The highest BCUT2D eigenvalue weighted by Gasteiger charge is 2.58. The Labute approximate surface area is 220 Å². The van der Waals surface area contributed by atoms with Crippen molar-refractivity contribution in [2.24, 2.45) is 29.1 Å². The Kier molecular flexibility index (Phi) is 8.77. The van der Waals surface area contributed by atoms with Gasteiger partial charge in [0.25, 0.3) is 0 Å². The minimum Gasteiger partial charge on any atom is -0.413 e. The van der Waals surface area contributed by atoms with Gasteiger partial charge in [0.1, 0.15) is 0 Å². The fraction of sp³-hybridized carbons (Fsp3) is 0.828. The average molecular weight is 523 g/mol. The number of ketones is 1. The summed E-state index contributed by atoms with van der Waals surface area (Å²) in [7, 11) is -1.99. The maximum atomic E-state index is 13.1. The van der Waals surface area contributed by atoms with Crippen LogP contribution in [-0.2, 0) is 18.7 Å². The zero-order valence-corrected chi connectivity index (χ0v) is 25.2. The molecule has 0 aromatic heterocycles. The van der Waals surface area contributed by atoms with Gasteiger partial charge in [-0.1, -0.05) is 66.1 Å². The van der Waals surface area contributed by atoms with E-state index in [4.69, 9.17) is 25.5 Å². The van der Waals surface area contributed by atoms with E-state index in [2.05, 4.69) is 59.6 Å². The molecule has 1 heterocycles. The summed E-state index contributed by atoms with van der Waals surface area (Å²) in [6.07, 6.45) is 6.11. The lowest BCUT2D eigenvalue weighted by Crippen LogP contribution is -2.47. The Bertz CT molecular complexity index is 865. The van der Waals surface area contributed by atoms with Crippen molar-refractivity contribution < 1.29 is 18.7 Å². The van der Waals surface area contributed by atoms with Crippen LogP contribution in [0.1, 0.15) is 80.6 Å². The first-order valence-corrected chi connectivity index (χ1v) is 16.7. The predicted octanol–water partition coefficient (Wildman–Crippen LogP) is 7.32. The lowest BCUT2D eigenvalue weighted by atomic mass is 9.89. The molecule has 0 N–H and O–H groups in total. The third-order valence-corrected chi connectivity index (χ3v) is 13.4. The third-order valence-electron chi connectivity index (χ3n) is 8.62. The van der Waals surface area contributed by atoms with E-state index < -0.39 is 14.1 Å². The first-order chi connectivity index (χ1) is 16.1. The first kappa shape index (κ1) is 28.9. The largest absolute Gasteiger partial charge is 0.413 e. The van der Waals surface area contributed by atoms with Crippen LogP contribution in [0, 0.1) is 40.9 Å². The average Bonchev–Trinajstić information content (AvgIpc) is 3.24. The molecule has 3 aliphatic rings. The monoisotopic (exact) mass is 522 g/mol. The van der Waals surface area contributed by atoms with Gasteiger partial charge in [-0.15, -0.1) is 11.8 Å². The number of allylic oxidation sites excluding steroid dienone is 1. The molecule has 4 nitrogen and oxygen atoms in total. The number of fused-ring (bicyclic) bond motifs is 1. The first-order valence-electron chi connectivity index (χ1n) is 13.4. The Hall–Kier alpha value is -0.643. The molecule has 5 atom stereocenters. The van der Waals surface area contributed by atoms with Gasteiger partial charge in [0.15, 0.2) is 19.9 Å². The molecule has 0 radical (unpaired) electrons. The van der Waals surface area contributed by atoms with Crippen LogP contribution in [0.4, 0.5) is 0 Å². The molecule has 6 heteroatoms. The van der Waals surface area contributed by atoms with E-state index in [1.165, 1.54) is 0 Å². The molecule has 35 heavy (non-hydrogen) atoms. The van der Waals surface area contributed by atoms with Crippen LogP contribution in [0.25, 0.3) is 0 Å². The van der Waals surface area contributed by atoms with Crippen LogP contribution < -0.4 is 0 Å². The second-order valence-electron chi connectivity index (χ2n) is 13.4. The van der Waals surface area contributed by atoms with Gasteiger partial charge < -0.3 is 13.9 Å². The molecule has 2 aliphatic carbocycles. The van der Waals surface area contributed by atoms with Gasteiger partial charge in [0.2, 0.25) is 0 Å². The van der Waals surface area contributed by atoms with E-state index in [1.54, 1.807) is 0 Å². The van der Waals surface area contributed by atoms with E-state index >= 15 is 0 Å². The number of carbonyl (C=O) groups is 1. The molecule has 0 aromatic rings. The number of halogens is 1. The van der Waals surface area contributed by atoms with Crippen molar-refractivity contribution in [1.82, 2.24) is 0 Å². The van der Waals surface area contributed by atoms with Gasteiger partial charge in [-0.2, -0.15) is 0 Å². The van der Waals surface area contributed by atoms with Crippen molar-refractivity contribution in [3.63, 3.8) is 0 Å². The fourth-order valence-corrected chi connectivity index (χ4v) is 7.11. The summed E-state index contributed by atoms with van der Waals surface area (Å²) in [5.41, 5.74) is 0.0444. The van der Waals surface area contributed by atoms with Crippen LogP contribution in [0.5, 0.6) is 0 Å². The highest BCUT2D eigenvalue weighted by molar-refractivity contribution is 6.74. The smallest absolute Gasteiger partial charge is 0.192 e. The van der Waals surface area contributed by atoms with E-state index in [1.807, 2.05) is 19.9 Å². The number of carbonyl (C=O) groups excluding carboxylic acids is 1. The molecule has 1 aliphatic heterocycles. The molecule has 2 saturated carbocycles. The zero-order chi connectivity index (χ0) is 26.2. The minimum atomic E-state index is -1.99. The third kappa shape index (κ3) is 6.63. The van der Waals surface area contributed by atoms with E-state index in [-0.39, 0.29) is 34.2 Å². The minimum absolute atomic E-state index is 0.0220. The Morgan fingerprint density at radius 2 is 1.83 bits per heavy atom. The highest BCUT2D eigenvalue weighted by Crippen LogP contribution is 2.57. The Balaban J connectivity index is 1.83. The second kappa shape index (κ2) is 10.6. The van der Waals surface area contributed by atoms with Crippen molar-refractivity contribution in [2.45, 2.75) is 111 Å². The molecule has 1 spiro atoms. The maximum absolute atomic E-state index is 13.1. The molecule has 0 aromatic carbocycles. The molecule has 3 rings (SSSR count). The zero-order valence-electron chi connectivity index (χ0n) is 23.4. The van der Waals surface area contributed by atoms with Crippen LogP contribution in [0.3, 0.4) is 0 Å². The Morgan fingerprint density at radius 1 is 1.20 bits per heavy atom. The quantitative estimate of drug-likeness (QED) is 0.208. The molecule has 0 amide bonds. The van der Waals surface area contributed by atoms with Gasteiger partial charge in [-0.25, -0.2) is 0 Å². The van der Waals surface area contributed by atoms with Crippen molar-refractivity contribution >= 4 is 25.7 Å². The topological polar surface area (TPSA) is 44.8 Å². The van der Waals surface area contributed by atoms with Gasteiger partial charge in [-0.3, -0.25) is 4.79 Å². The summed E-state index contributed by atoms with van der Waals surface area (Å²) in [5.74, 6) is 6.28. The summed E-state index contributed by atoms with van der Waals surface area (Å²) in [5, 5.41) is 0.450. The Morgan fingerprint density at radius 3 is 2.40 bits per heavy atom. The molecular formula is C29H47ClO4Si. The summed E-state index contributed by atoms with van der Waals surface area (Å²) in [6.45, 7) is 21.2. The maximum Gasteiger partial charge on any atom is 0.192 e. The highest BCUT2D eigenvalue weighted by atomic mass is 35.5. The predicted molar refractivity (Wildman–Crippen MR) is 146 cm³/mol. The normalized spacial score (nSPS) is 31.1. The summed E-state index contributed by atoms with van der Waals surface area (Å²) in [4.78, 5) is 13.1. The summed E-state index contributed by atoms with van der Waals surface area (Å²) < 4.78 is 19.7. The second-order valence-corrected chi connectivity index (χ2v) is 18.6. The van der Waals surface area contributed by atoms with Gasteiger partial charge >= 0.3 is 0 Å². The number of hydrogen-bond donors (Lipinski definition) is 0. The van der Waals surface area contributed by atoms with Crippen LogP contribution in [0.15, 0.2) is 11.1 Å². The standard InChI is InChI=1S/C29H47ClO4Si/c1-10-11-12-13-20(2)26(31)24(30)15-22-23-17-29(32-18-28(6,7)19-33-29)16-21(23)14-25(22)34-35(8,9)27(3,4)5/h15,20-23,25H,10,13-14,16-19H2,1-9H3/t20-,21-,22-,23+,25-/m1/s1. The van der Waals surface area contributed by atoms with Crippen LogP contribution >= 0.6 is 11.6 Å². The van der Waals surface area contributed by atoms with E-state index in [9.17, 15) is 4.79 Å². The van der Waals surface area contributed by atoms with Crippen molar-refractivity contribution in [2.75, 3.05) is 13.2 Å². The fourth-order valence-electron chi connectivity index (χ4n) is 5.41. The van der Waals surface area contributed by atoms with Crippen LogP contribution in [-0.4, -0.2) is 39.2 Å².